The Kier molecular flexibility index (Phi) is 8.54. The maximum Gasteiger partial charge on any atom is 1.00 e. The van der Waals surface area contributed by atoms with Gasteiger partial charge in [-0.1, -0.05) is 30.3 Å². The van der Waals surface area contributed by atoms with Gasteiger partial charge in [0, 0.05) is 0 Å². The third-order valence-electron chi connectivity index (χ3n) is 1.01. The monoisotopic (exact) mass is 356 g/mol. The molecular weight excluding hydrogens is 351 g/mol. The van der Waals surface area contributed by atoms with E-state index in [1.807, 2.05) is 0 Å². The van der Waals surface area contributed by atoms with Crippen molar-refractivity contribution in [2.24, 2.45) is 0 Å². The van der Waals surface area contributed by atoms with Gasteiger partial charge in [0.1, 0.15) is 0 Å². The molecule has 0 spiro atoms. The fourth-order valence-corrected chi connectivity index (χ4v) is 0.574. The van der Waals surface area contributed by atoms with E-state index in [9.17, 15) is 9.90 Å². The van der Waals surface area contributed by atoms with Gasteiger partial charge in [0.05, 0.1) is 5.97 Å². The molecule has 0 N–H and O–H groups in total. The van der Waals surface area contributed by atoms with Crippen LogP contribution in [-0.2, 0) is 22.4 Å². The van der Waals surface area contributed by atoms with Crippen molar-refractivity contribution in [3.63, 3.8) is 0 Å². The van der Waals surface area contributed by atoms with Crippen LogP contribution in [0.3, 0.4) is 0 Å². The minimum absolute atomic E-state index is 0. The van der Waals surface area contributed by atoms with Gasteiger partial charge in [0.25, 0.3) is 0 Å². The minimum Gasteiger partial charge on any atom is -0.545 e. The quantitative estimate of drug-likeness (QED) is 0.548. The zero-order chi connectivity index (χ0) is 6.69. The van der Waals surface area contributed by atoms with Crippen LogP contribution in [0.15, 0.2) is 30.3 Å². The number of carbonyl (C=O) groups excluding carboxylic acids is 1. The van der Waals surface area contributed by atoms with E-state index in [4.69, 9.17) is 0 Å². The Morgan fingerprint density at radius 1 is 1.18 bits per heavy atom. The van der Waals surface area contributed by atoms with Crippen molar-refractivity contribution in [3.8, 4) is 0 Å². The summed E-state index contributed by atoms with van der Waals surface area (Å²) in [5.41, 5.74) is 0.220. The van der Waals surface area contributed by atoms with Crippen LogP contribution in [0.4, 0.5) is 0 Å². The van der Waals surface area contributed by atoms with Crippen LogP contribution in [0.5, 0.6) is 0 Å². The number of rotatable bonds is 1. The van der Waals surface area contributed by atoms with Crippen LogP contribution in [0, 0.1) is 0 Å². The molecule has 0 saturated heterocycles. The summed E-state index contributed by atoms with van der Waals surface area (Å²) in [6.45, 7) is 0. The second kappa shape index (κ2) is 6.84. The molecule has 64 valence electrons. The molecule has 0 unspecified atom stereocenters. The summed E-state index contributed by atoms with van der Waals surface area (Å²) in [5, 5.41) is 10.1. The van der Waals surface area contributed by atoms with Gasteiger partial charge in [-0.15, -0.1) is 24.0 Å². The van der Waals surface area contributed by atoms with Crippen molar-refractivity contribution in [2.75, 3.05) is 0 Å². The molecule has 0 aliphatic heterocycles. The zero-order valence-corrected chi connectivity index (χ0v) is 9.23. The van der Waals surface area contributed by atoms with Crippen molar-refractivity contribution in [1.82, 2.24) is 0 Å². The Labute approximate surface area is 97.5 Å². The number of hydrogen-bond acceptors (Lipinski definition) is 2. The van der Waals surface area contributed by atoms with Crippen molar-refractivity contribution in [1.29, 1.82) is 0 Å². The van der Waals surface area contributed by atoms with Crippen LogP contribution in [0.2, 0.25) is 0 Å². The molecule has 0 fully saturated rings. The number of carboxylic acids is 1. The Hall–Kier alpha value is 0.160. The van der Waals surface area contributed by atoms with Crippen LogP contribution >= 0.6 is 24.0 Å². The van der Waals surface area contributed by atoms with Gasteiger partial charge in [0.15, 0.2) is 0 Å². The van der Waals surface area contributed by atoms with Gasteiger partial charge in [-0.05, 0) is 5.56 Å². The first kappa shape index (κ1) is 13.7. The van der Waals surface area contributed by atoms with Gasteiger partial charge < -0.3 is 9.90 Å². The Bertz CT molecular complexity index is 213. The maximum atomic E-state index is 10.1. The van der Waals surface area contributed by atoms with Gasteiger partial charge in [-0.25, -0.2) is 0 Å². The van der Waals surface area contributed by atoms with E-state index in [2.05, 4.69) is 0 Å². The van der Waals surface area contributed by atoms with Crippen LogP contribution in [0.1, 0.15) is 10.4 Å². The van der Waals surface area contributed by atoms with Gasteiger partial charge in [-0.2, -0.15) is 0 Å². The molecule has 0 amide bonds. The second-order valence-electron chi connectivity index (χ2n) is 1.65. The molecule has 0 aliphatic carbocycles. The SMILES string of the molecule is I.O=C([O-])c1ccccc1.[Ag+]. The molecule has 11 heavy (non-hydrogen) atoms. The summed E-state index contributed by atoms with van der Waals surface area (Å²) in [5.74, 6) is -1.13. The molecule has 0 aromatic heterocycles. The first-order valence-electron chi connectivity index (χ1n) is 2.57. The molecule has 1 rings (SSSR count). The summed E-state index contributed by atoms with van der Waals surface area (Å²) in [4.78, 5) is 10.1. The maximum absolute atomic E-state index is 10.1. The number of hydrogen-bond donors (Lipinski definition) is 0. The third-order valence-corrected chi connectivity index (χ3v) is 1.01. The summed E-state index contributed by atoms with van der Waals surface area (Å²) in [7, 11) is 0. The minimum atomic E-state index is -1.13. The average Bonchev–Trinajstić information content (AvgIpc) is 1.90. The first-order chi connectivity index (χ1) is 4.30. The van der Waals surface area contributed by atoms with Gasteiger partial charge >= 0.3 is 22.4 Å². The van der Waals surface area contributed by atoms with Gasteiger partial charge in [0.2, 0.25) is 0 Å². The van der Waals surface area contributed by atoms with Crippen LogP contribution < -0.4 is 5.11 Å². The van der Waals surface area contributed by atoms with Crippen LogP contribution in [-0.4, -0.2) is 5.97 Å². The number of benzene rings is 1. The van der Waals surface area contributed by atoms with Crippen molar-refractivity contribution < 1.29 is 32.3 Å². The third kappa shape index (κ3) is 4.58. The van der Waals surface area contributed by atoms with Crippen molar-refractivity contribution in [2.45, 2.75) is 0 Å². The van der Waals surface area contributed by atoms with Crippen molar-refractivity contribution in [3.05, 3.63) is 35.9 Å². The van der Waals surface area contributed by atoms with E-state index in [1.165, 1.54) is 12.1 Å². The largest absolute Gasteiger partial charge is 1.00 e. The molecular formula is C7H6AgIO2. The fraction of sp³-hybridized carbons (Fsp3) is 0. The molecule has 1 aromatic rings. The Balaban J connectivity index is 0. The standard InChI is InChI=1S/C7H6O2.Ag.HI/c8-7(9)6-4-2-1-3-5-6;;/h1-5H,(H,8,9);;1H/q;+1;/p-1. The number of carbonyl (C=O) groups is 1. The smallest absolute Gasteiger partial charge is 0.545 e. The molecule has 0 aliphatic rings. The number of aromatic carboxylic acids is 1. The summed E-state index contributed by atoms with van der Waals surface area (Å²) in [6, 6.07) is 8.06. The first-order valence-corrected chi connectivity index (χ1v) is 2.57. The second-order valence-corrected chi connectivity index (χ2v) is 1.65. The Morgan fingerprint density at radius 3 is 1.91 bits per heavy atom. The van der Waals surface area contributed by atoms with E-state index < -0.39 is 5.97 Å². The summed E-state index contributed by atoms with van der Waals surface area (Å²) >= 11 is 0. The summed E-state index contributed by atoms with van der Waals surface area (Å²) < 4.78 is 0. The normalized spacial score (nSPS) is 7.27. The molecule has 4 heteroatoms. The van der Waals surface area contributed by atoms with Gasteiger partial charge in [-0.3, -0.25) is 0 Å². The van der Waals surface area contributed by atoms with E-state index in [0.717, 1.165) is 0 Å². The average molecular weight is 357 g/mol. The molecule has 0 atom stereocenters. The molecule has 0 saturated carbocycles. The molecule has 0 heterocycles. The number of halogens is 1. The van der Waals surface area contributed by atoms with E-state index in [0.29, 0.717) is 0 Å². The predicted octanol–water partition coefficient (Wildman–Crippen LogP) is 0.666. The fourth-order valence-electron chi connectivity index (χ4n) is 0.574. The molecule has 0 bridgehead atoms. The van der Waals surface area contributed by atoms with Crippen LogP contribution in [0.25, 0.3) is 0 Å². The zero-order valence-electron chi connectivity index (χ0n) is 5.41. The number of carboxylic acid groups (broad SMARTS) is 1. The van der Waals surface area contributed by atoms with E-state index >= 15 is 0 Å². The summed E-state index contributed by atoms with van der Waals surface area (Å²) in [6.07, 6.45) is 0. The molecule has 2 nitrogen and oxygen atoms in total. The molecule has 1 aromatic carbocycles. The Morgan fingerprint density at radius 2 is 1.64 bits per heavy atom. The molecule has 0 radical (unpaired) electrons. The van der Waals surface area contributed by atoms with Crippen molar-refractivity contribution >= 4 is 29.9 Å². The predicted molar refractivity (Wildman–Crippen MR) is 46.2 cm³/mol. The van der Waals surface area contributed by atoms with E-state index in [1.54, 1.807) is 18.2 Å². The van der Waals surface area contributed by atoms with E-state index in [-0.39, 0.29) is 51.9 Å². The topological polar surface area (TPSA) is 40.1 Å².